The summed E-state index contributed by atoms with van der Waals surface area (Å²) < 4.78 is 0. The second-order valence-electron chi connectivity index (χ2n) is 2.68. The summed E-state index contributed by atoms with van der Waals surface area (Å²) >= 11 is 0. The first-order valence-electron chi connectivity index (χ1n) is 3.57. The van der Waals surface area contributed by atoms with Crippen LogP contribution in [0.25, 0.3) is 0 Å². The zero-order chi connectivity index (χ0) is 10.6. The molecule has 0 saturated heterocycles. The van der Waals surface area contributed by atoms with E-state index in [2.05, 4.69) is 0 Å². The Bertz CT molecular complexity index is 208. The number of hydrogen-bond acceptors (Lipinski definition) is 5. The summed E-state index contributed by atoms with van der Waals surface area (Å²) in [5.41, 5.74) is 15.0. The fraction of sp³-hybridized carbons (Fsp3) is 0.667. The highest BCUT2D eigenvalue weighted by Crippen LogP contribution is 1.99. The molecule has 2 unspecified atom stereocenters. The number of amides is 1. The lowest BCUT2D eigenvalue weighted by molar-refractivity contribution is -0.139. The Morgan fingerprint density at radius 2 is 1.77 bits per heavy atom. The monoisotopic (exact) mass is 191 g/mol. The highest BCUT2D eigenvalue weighted by Gasteiger charge is 2.24. The van der Waals surface area contributed by atoms with Crippen LogP contribution in [0.15, 0.2) is 0 Å². The van der Waals surface area contributed by atoms with Crippen molar-refractivity contribution in [3.05, 3.63) is 0 Å². The van der Waals surface area contributed by atoms with Crippen molar-refractivity contribution in [2.75, 3.05) is 0 Å². The lowest BCUT2D eigenvalue weighted by Crippen LogP contribution is -2.49. The molecule has 0 spiro atoms. The number of aliphatic hydroxyl groups is 1. The number of primary amides is 1. The molecule has 0 aliphatic heterocycles. The fourth-order valence-corrected chi connectivity index (χ4v) is 0.697. The predicted molar refractivity (Wildman–Crippen MR) is 43.4 cm³/mol. The van der Waals surface area contributed by atoms with E-state index in [1.54, 1.807) is 0 Å². The second kappa shape index (κ2) is 4.75. The smallest absolute Gasteiger partial charge is 0.320 e. The molecule has 76 valence electrons. The SMILES string of the molecule is NC(=O)C(N)C(O)C[C@H](N)C(=O)O. The molecule has 0 heterocycles. The predicted octanol–water partition coefficient (Wildman–Crippen LogP) is -3.04. The van der Waals surface area contributed by atoms with Gasteiger partial charge in [0.2, 0.25) is 5.91 Å². The van der Waals surface area contributed by atoms with Gasteiger partial charge in [0.1, 0.15) is 12.1 Å². The molecule has 8 N–H and O–H groups in total. The Morgan fingerprint density at radius 1 is 1.31 bits per heavy atom. The summed E-state index contributed by atoms with van der Waals surface area (Å²) in [6, 6.07) is -2.54. The first-order chi connectivity index (χ1) is 5.86. The van der Waals surface area contributed by atoms with E-state index in [0.29, 0.717) is 0 Å². The van der Waals surface area contributed by atoms with Gasteiger partial charge in [0.25, 0.3) is 0 Å². The summed E-state index contributed by atoms with van der Waals surface area (Å²) in [5.74, 6) is -2.17. The zero-order valence-electron chi connectivity index (χ0n) is 6.88. The van der Waals surface area contributed by atoms with E-state index in [1.807, 2.05) is 0 Å². The summed E-state index contributed by atoms with van der Waals surface area (Å²) in [6.45, 7) is 0. The third-order valence-corrected chi connectivity index (χ3v) is 1.56. The standard InChI is InChI=1S/C6H13N3O4/c7-2(6(12)13)1-3(10)4(8)5(9)11/h2-4,10H,1,7-8H2,(H2,9,11)(H,12,13)/t2-,3?,4?/m0/s1. The van der Waals surface area contributed by atoms with Gasteiger partial charge in [0, 0.05) is 6.42 Å². The van der Waals surface area contributed by atoms with Crippen molar-refractivity contribution in [1.29, 1.82) is 0 Å². The maximum absolute atomic E-state index is 10.4. The van der Waals surface area contributed by atoms with Crippen LogP contribution in [0.5, 0.6) is 0 Å². The van der Waals surface area contributed by atoms with Crippen LogP contribution in [0.3, 0.4) is 0 Å². The topological polar surface area (TPSA) is 153 Å². The van der Waals surface area contributed by atoms with Crippen molar-refractivity contribution >= 4 is 11.9 Å². The number of carbonyl (C=O) groups excluding carboxylic acids is 1. The second-order valence-corrected chi connectivity index (χ2v) is 2.68. The fourth-order valence-electron chi connectivity index (χ4n) is 0.697. The van der Waals surface area contributed by atoms with Crippen LogP contribution in [0.2, 0.25) is 0 Å². The third-order valence-electron chi connectivity index (χ3n) is 1.56. The van der Waals surface area contributed by atoms with Crippen molar-refractivity contribution in [3.63, 3.8) is 0 Å². The maximum atomic E-state index is 10.4. The zero-order valence-corrected chi connectivity index (χ0v) is 6.88. The maximum Gasteiger partial charge on any atom is 0.320 e. The first kappa shape index (κ1) is 11.8. The van der Waals surface area contributed by atoms with E-state index in [1.165, 1.54) is 0 Å². The molecule has 0 aliphatic carbocycles. The van der Waals surface area contributed by atoms with Crippen molar-refractivity contribution in [2.45, 2.75) is 24.6 Å². The molecule has 3 atom stereocenters. The number of carboxylic acid groups (broad SMARTS) is 1. The third kappa shape index (κ3) is 3.83. The molecule has 0 radical (unpaired) electrons. The molecule has 0 aromatic carbocycles. The first-order valence-corrected chi connectivity index (χ1v) is 3.57. The minimum Gasteiger partial charge on any atom is -0.480 e. The van der Waals surface area contributed by atoms with Crippen LogP contribution in [0, 0.1) is 0 Å². The molecule has 1 amide bonds. The number of hydrogen-bond donors (Lipinski definition) is 5. The van der Waals surface area contributed by atoms with Gasteiger partial charge in [0.05, 0.1) is 6.10 Å². The van der Waals surface area contributed by atoms with E-state index < -0.39 is 30.1 Å². The Morgan fingerprint density at radius 3 is 2.08 bits per heavy atom. The van der Waals surface area contributed by atoms with E-state index in [-0.39, 0.29) is 6.42 Å². The largest absolute Gasteiger partial charge is 0.480 e. The van der Waals surface area contributed by atoms with Gasteiger partial charge in [-0.05, 0) is 0 Å². The summed E-state index contributed by atoms with van der Waals surface area (Å²) in [6.07, 6.45) is -1.64. The Hall–Kier alpha value is -1.18. The molecule has 0 saturated carbocycles. The van der Waals surface area contributed by atoms with Crippen molar-refractivity contribution in [3.8, 4) is 0 Å². The molecule has 0 aliphatic rings. The van der Waals surface area contributed by atoms with Gasteiger partial charge in [-0.1, -0.05) is 0 Å². The number of aliphatic hydroxyl groups excluding tert-OH is 1. The molecule has 0 aromatic rings. The van der Waals surface area contributed by atoms with Crippen LogP contribution >= 0.6 is 0 Å². The molecule has 7 nitrogen and oxygen atoms in total. The molecular weight excluding hydrogens is 178 g/mol. The Balaban J connectivity index is 4.06. The van der Waals surface area contributed by atoms with Crippen LogP contribution < -0.4 is 17.2 Å². The normalized spacial score (nSPS) is 17.5. The molecule has 13 heavy (non-hydrogen) atoms. The van der Waals surface area contributed by atoms with Crippen LogP contribution in [-0.2, 0) is 9.59 Å². The molecule has 0 rings (SSSR count). The van der Waals surface area contributed by atoms with E-state index in [4.69, 9.17) is 27.4 Å². The van der Waals surface area contributed by atoms with Crippen LogP contribution in [0.1, 0.15) is 6.42 Å². The lowest BCUT2D eigenvalue weighted by Gasteiger charge is -2.17. The van der Waals surface area contributed by atoms with E-state index >= 15 is 0 Å². The van der Waals surface area contributed by atoms with E-state index in [9.17, 15) is 9.59 Å². The van der Waals surface area contributed by atoms with Gasteiger partial charge < -0.3 is 27.4 Å². The average molecular weight is 191 g/mol. The molecule has 7 heteroatoms. The summed E-state index contributed by atoms with van der Waals surface area (Å²) in [5, 5.41) is 17.5. The quantitative estimate of drug-likeness (QED) is 0.311. The van der Waals surface area contributed by atoms with Gasteiger partial charge in [-0.25, -0.2) is 0 Å². The minimum atomic E-state index is -1.33. The number of rotatable bonds is 5. The highest BCUT2D eigenvalue weighted by molar-refractivity contribution is 5.80. The highest BCUT2D eigenvalue weighted by atomic mass is 16.4. The van der Waals surface area contributed by atoms with Crippen molar-refractivity contribution in [1.82, 2.24) is 0 Å². The number of aliphatic carboxylic acids is 1. The van der Waals surface area contributed by atoms with Gasteiger partial charge >= 0.3 is 5.97 Å². The number of carbonyl (C=O) groups is 2. The number of carboxylic acids is 1. The molecular formula is C6H13N3O4. The van der Waals surface area contributed by atoms with Gasteiger partial charge in [0.15, 0.2) is 0 Å². The molecule has 0 fully saturated rings. The lowest BCUT2D eigenvalue weighted by atomic mass is 10.0. The Labute approximate surface area is 74.5 Å². The van der Waals surface area contributed by atoms with Gasteiger partial charge in [-0.3, -0.25) is 9.59 Å². The van der Waals surface area contributed by atoms with Crippen molar-refractivity contribution < 1.29 is 19.8 Å². The van der Waals surface area contributed by atoms with Crippen LogP contribution in [0.4, 0.5) is 0 Å². The summed E-state index contributed by atoms with van der Waals surface area (Å²) in [7, 11) is 0. The van der Waals surface area contributed by atoms with Gasteiger partial charge in [-0.2, -0.15) is 0 Å². The average Bonchev–Trinajstić information content (AvgIpc) is 2.02. The molecule has 0 bridgehead atoms. The van der Waals surface area contributed by atoms with E-state index in [0.717, 1.165) is 0 Å². The number of nitrogens with two attached hydrogens (primary N) is 3. The van der Waals surface area contributed by atoms with Crippen molar-refractivity contribution in [2.24, 2.45) is 17.2 Å². The Kier molecular flexibility index (Phi) is 4.32. The van der Waals surface area contributed by atoms with Crippen LogP contribution in [-0.4, -0.2) is 40.3 Å². The minimum absolute atomic E-state index is 0.306. The summed E-state index contributed by atoms with van der Waals surface area (Å²) in [4.78, 5) is 20.7. The van der Waals surface area contributed by atoms with Gasteiger partial charge in [-0.15, -0.1) is 0 Å². The molecule has 0 aromatic heterocycles.